The van der Waals surface area contributed by atoms with E-state index < -0.39 is 36.2 Å². The third kappa shape index (κ3) is 5.86. The molecule has 0 heterocycles. The van der Waals surface area contributed by atoms with E-state index in [1.54, 1.807) is 24.3 Å². The Hall–Kier alpha value is -2.93. The summed E-state index contributed by atoms with van der Waals surface area (Å²) >= 11 is 5.82. The topological polar surface area (TPSA) is 98.5 Å². The van der Waals surface area contributed by atoms with Crippen LogP contribution in [0.15, 0.2) is 48.5 Å². The van der Waals surface area contributed by atoms with Gasteiger partial charge in [-0.1, -0.05) is 23.7 Å². The molecular formula is C18H16ClFN2O4. The van der Waals surface area contributed by atoms with Crippen LogP contribution in [-0.2, 0) is 9.53 Å². The molecule has 2 aromatic rings. The number of ketones is 1. The van der Waals surface area contributed by atoms with Crippen molar-refractivity contribution in [3.63, 3.8) is 0 Å². The molecule has 0 fully saturated rings. The maximum absolute atomic E-state index is 12.8. The molecule has 1 atom stereocenters. The van der Waals surface area contributed by atoms with Gasteiger partial charge in [0.05, 0.1) is 12.5 Å². The zero-order valence-electron chi connectivity index (χ0n) is 13.6. The fourth-order valence-corrected chi connectivity index (χ4v) is 2.34. The first-order valence-electron chi connectivity index (χ1n) is 7.61. The SMILES string of the molecule is NC(=O)NC(CC(=O)OCC(=O)c1ccc(F)cc1)c1ccc(Cl)cc1. The van der Waals surface area contributed by atoms with Crippen LogP contribution in [0, 0.1) is 5.82 Å². The molecule has 0 aliphatic carbocycles. The first-order chi connectivity index (χ1) is 12.3. The van der Waals surface area contributed by atoms with Gasteiger partial charge in [0.15, 0.2) is 12.4 Å². The number of urea groups is 1. The first-order valence-corrected chi connectivity index (χ1v) is 7.99. The summed E-state index contributed by atoms with van der Waals surface area (Å²) in [6, 6.07) is 9.85. The van der Waals surface area contributed by atoms with Crippen molar-refractivity contribution in [2.75, 3.05) is 6.61 Å². The molecule has 8 heteroatoms. The highest BCUT2D eigenvalue weighted by atomic mass is 35.5. The summed E-state index contributed by atoms with van der Waals surface area (Å²) < 4.78 is 17.8. The van der Waals surface area contributed by atoms with Crippen molar-refractivity contribution in [2.45, 2.75) is 12.5 Å². The lowest BCUT2D eigenvalue weighted by Gasteiger charge is -2.17. The molecule has 0 spiro atoms. The van der Waals surface area contributed by atoms with Crippen molar-refractivity contribution < 1.29 is 23.5 Å². The summed E-state index contributed by atoms with van der Waals surface area (Å²) in [5.41, 5.74) is 5.97. The second kappa shape index (κ2) is 8.96. The number of hydrogen-bond donors (Lipinski definition) is 2. The summed E-state index contributed by atoms with van der Waals surface area (Å²) in [7, 11) is 0. The molecule has 2 aromatic carbocycles. The highest BCUT2D eigenvalue weighted by Gasteiger charge is 2.19. The van der Waals surface area contributed by atoms with Crippen molar-refractivity contribution in [2.24, 2.45) is 5.73 Å². The Labute approximate surface area is 154 Å². The monoisotopic (exact) mass is 378 g/mol. The van der Waals surface area contributed by atoms with E-state index in [-0.39, 0.29) is 12.0 Å². The second-order valence-corrected chi connectivity index (χ2v) is 5.84. The largest absolute Gasteiger partial charge is 0.457 e. The van der Waals surface area contributed by atoms with Gasteiger partial charge in [0.25, 0.3) is 0 Å². The highest BCUT2D eigenvalue weighted by Crippen LogP contribution is 2.20. The lowest BCUT2D eigenvalue weighted by Crippen LogP contribution is -2.34. The molecule has 6 nitrogen and oxygen atoms in total. The quantitative estimate of drug-likeness (QED) is 0.571. The Morgan fingerprint density at radius 2 is 1.69 bits per heavy atom. The third-order valence-electron chi connectivity index (χ3n) is 3.49. The van der Waals surface area contributed by atoms with Gasteiger partial charge in [0.2, 0.25) is 0 Å². The van der Waals surface area contributed by atoms with Crippen molar-refractivity contribution in [1.29, 1.82) is 0 Å². The number of Topliss-reactive ketones (excluding diaryl/α,β-unsaturated/α-hetero) is 1. The fourth-order valence-electron chi connectivity index (χ4n) is 2.21. The molecule has 0 radical (unpaired) electrons. The number of carbonyl (C=O) groups excluding carboxylic acids is 3. The standard InChI is InChI=1S/C18H16ClFN2O4/c19-13-5-1-11(2-6-13)15(22-18(21)25)9-17(24)26-10-16(23)12-3-7-14(20)8-4-12/h1-8,15H,9-10H2,(H3,21,22,25). The molecule has 0 bridgehead atoms. The van der Waals surface area contributed by atoms with Gasteiger partial charge in [-0.3, -0.25) is 9.59 Å². The second-order valence-electron chi connectivity index (χ2n) is 5.41. The molecule has 26 heavy (non-hydrogen) atoms. The predicted octanol–water partition coefficient (Wildman–Crippen LogP) is 3.00. The van der Waals surface area contributed by atoms with Crippen LogP contribution in [-0.4, -0.2) is 24.4 Å². The number of nitrogens with one attached hydrogen (secondary N) is 1. The number of benzene rings is 2. The molecule has 2 rings (SSSR count). The normalized spacial score (nSPS) is 11.5. The fraction of sp³-hybridized carbons (Fsp3) is 0.167. The molecule has 0 aromatic heterocycles. The molecular weight excluding hydrogens is 363 g/mol. The summed E-state index contributed by atoms with van der Waals surface area (Å²) in [4.78, 5) is 35.1. The molecule has 0 saturated carbocycles. The minimum absolute atomic E-state index is 0.221. The van der Waals surface area contributed by atoms with Crippen LogP contribution < -0.4 is 11.1 Å². The summed E-state index contributed by atoms with van der Waals surface area (Å²) in [6.45, 7) is -0.492. The highest BCUT2D eigenvalue weighted by molar-refractivity contribution is 6.30. The Morgan fingerprint density at radius 3 is 2.27 bits per heavy atom. The van der Waals surface area contributed by atoms with Crippen LogP contribution in [0.4, 0.5) is 9.18 Å². The van der Waals surface area contributed by atoms with Crippen LogP contribution in [0.1, 0.15) is 28.4 Å². The lowest BCUT2D eigenvalue weighted by molar-refractivity contribution is -0.143. The van der Waals surface area contributed by atoms with Gasteiger partial charge in [-0.15, -0.1) is 0 Å². The minimum atomic E-state index is -0.805. The summed E-state index contributed by atoms with van der Waals surface area (Å²) in [5, 5.41) is 2.94. The smallest absolute Gasteiger partial charge is 0.312 e. The van der Waals surface area contributed by atoms with E-state index in [4.69, 9.17) is 22.1 Å². The van der Waals surface area contributed by atoms with Crippen LogP contribution in [0.5, 0.6) is 0 Å². The van der Waals surface area contributed by atoms with Gasteiger partial charge in [-0.05, 0) is 42.0 Å². The number of carbonyl (C=O) groups is 3. The molecule has 1 unspecified atom stereocenters. The average Bonchev–Trinajstić information content (AvgIpc) is 2.60. The van der Waals surface area contributed by atoms with E-state index in [2.05, 4.69) is 5.32 Å². The average molecular weight is 379 g/mol. The number of rotatable bonds is 7. The van der Waals surface area contributed by atoms with E-state index in [9.17, 15) is 18.8 Å². The van der Waals surface area contributed by atoms with Gasteiger partial charge >= 0.3 is 12.0 Å². The Balaban J connectivity index is 1.96. The van der Waals surface area contributed by atoms with E-state index in [1.807, 2.05) is 0 Å². The summed E-state index contributed by atoms with van der Waals surface area (Å²) in [6.07, 6.45) is -0.221. The number of amides is 2. The van der Waals surface area contributed by atoms with Crippen LogP contribution in [0.3, 0.4) is 0 Å². The van der Waals surface area contributed by atoms with Gasteiger partial charge in [0.1, 0.15) is 5.82 Å². The maximum atomic E-state index is 12.8. The van der Waals surface area contributed by atoms with E-state index in [0.29, 0.717) is 10.6 Å². The number of ether oxygens (including phenoxy) is 1. The van der Waals surface area contributed by atoms with Crippen LogP contribution in [0.25, 0.3) is 0 Å². The Kier molecular flexibility index (Phi) is 6.68. The number of esters is 1. The van der Waals surface area contributed by atoms with Gasteiger partial charge in [0, 0.05) is 10.6 Å². The molecule has 0 aliphatic rings. The molecule has 0 saturated heterocycles. The van der Waals surface area contributed by atoms with E-state index >= 15 is 0 Å². The van der Waals surface area contributed by atoms with Crippen molar-refractivity contribution >= 4 is 29.4 Å². The number of nitrogens with two attached hydrogens (primary N) is 1. The van der Waals surface area contributed by atoms with E-state index in [1.165, 1.54) is 12.1 Å². The third-order valence-corrected chi connectivity index (χ3v) is 3.74. The van der Waals surface area contributed by atoms with Gasteiger partial charge in [-0.25, -0.2) is 9.18 Å². The van der Waals surface area contributed by atoms with Crippen molar-refractivity contribution in [3.05, 3.63) is 70.5 Å². The zero-order chi connectivity index (χ0) is 19.1. The Morgan fingerprint density at radius 1 is 1.08 bits per heavy atom. The zero-order valence-corrected chi connectivity index (χ0v) is 14.3. The lowest BCUT2D eigenvalue weighted by atomic mass is 10.0. The molecule has 2 amide bonds. The van der Waals surface area contributed by atoms with Crippen molar-refractivity contribution in [1.82, 2.24) is 5.32 Å². The number of primary amides is 1. The van der Waals surface area contributed by atoms with E-state index in [0.717, 1.165) is 12.1 Å². The van der Waals surface area contributed by atoms with Crippen LogP contribution in [0.2, 0.25) is 5.02 Å². The number of hydrogen-bond acceptors (Lipinski definition) is 4. The van der Waals surface area contributed by atoms with Crippen LogP contribution >= 0.6 is 11.6 Å². The molecule has 136 valence electrons. The van der Waals surface area contributed by atoms with Gasteiger partial charge < -0.3 is 15.8 Å². The minimum Gasteiger partial charge on any atom is -0.457 e. The van der Waals surface area contributed by atoms with Crippen molar-refractivity contribution in [3.8, 4) is 0 Å². The van der Waals surface area contributed by atoms with Gasteiger partial charge in [-0.2, -0.15) is 0 Å². The summed E-state index contributed by atoms with van der Waals surface area (Å²) in [5.74, 6) is -1.64. The number of halogens is 2. The molecule has 3 N–H and O–H groups in total. The first kappa shape index (κ1) is 19.4. The molecule has 0 aliphatic heterocycles. The predicted molar refractivity (Wildman–Crippen MR) is 93.2 cm³/mol. The Bertz CT molecular complexity index is 794. The maximum Gasteiger partial charge on any atom is 0.312 e.